The monoisotopic (exact) mass is 320 g/mol. The molecule has 1 unspecified atom stereocenters. The molecule has 1 atom stereocenters. The Morgan fingerprint density at radius 1 is 1.17 bits per heavy atom. The summed E-state index contributed by atoms with van der Waals surface area (Å²) in [6.45, 7) is 10.6. The van der Waals surface area contributed by atoms with Gasteiger partial charge in [-0.05, 0) is 43.0 Å². The summed E-state index contributed by atoms with van der Waals surface area (Å²) in [6, 6.07) is 6.46. The van der Waals surface area contributed by atoms with E-state index in [9.17, 15) is 9.59 Å². The minimum atomic E-state index is -0.337. The van der Waals surface area contributed by atoms with Gasteiger partial charge in [-0.25, -0.2) is 9.59 Å². The number of urea groups is 1. The Hall–Kier alpha value is -2.04. The fourth-order valence-electron chi connectivity index (χ4n) is 1.66. The second-order valence-corrected chi connectivity index (χ2v) is 6.75. The summed E-state index contributed by atoms with van der Waals surface area (Å²) in [5.41, 5.74) is 1.10. The number of rotatable bonds is 6. The van der Waals surface area contributed by atoms with Crippen molar-refractivity contribution in [2.24, 2.45) is 5.41 Å². The molecule has 0 saturated heterocycles. The van der Waals surface area contributed by atoms with E-state index in [4.69, 9.17) is 4.74 Å². The molecule has 0 aliphatic carbocycles. The van der Waals surface area contributed by atoms with Gasteiger partial charge in [-0.15, -0.1) is 0 Å². The average Bonchev–Trinajstić information content (AvgIpc) is 2.47. The molecule has 0 aromatic heterocycles. The zero-order valence-corrected chi connectivity index (χ0v) is 14.7. The maximum atomic E-state index is 11.9. The van der Waals surface area contributed by atoms with Gasteiger partial charge < -0.3 is 15.4 Å². The number of carbonyl (C=O) groups is 2. The molecule has 128 valence electrons. The zero-order chi connectivity index (χ0) is 17.5. The van der Waals surface area contributed by atoms with E-state index in [0.29, 0.717) is 17.9 Å². The number of anilines is 1. The first-order chi connectivity index (χ1) is 10.7. The Labute approximate surface area is 138 Å². The van der Waals surface area contributed by atoms with E-state index < -0.39 is 0 Å². The molecule has 23 heavy (non-hydrogen) atoms. The Morgan fingerprint density at radius 2 is 1.78 bits per heavy atom. The van der Waals surface area contributed by atoms with Crippen LogP contribution in [0.2, 0.25) is 0 Å². The van der Waals surface area contributed by atoms with Crippen LogP contribution in [0.25, 0.3) is 0 Å². The lowest BCUT2D eigenvalue weighted by molar-refractivity contribution is 0.0500. The Morgan fingerprint density at radius 3 is 2.30 bits per heavy atom. The number of benzene rings is 1. The predicted octanol–water partition coefficient (Wildman–Crippen LogP) is 4.20. The fourth-order valence-corrected chi connectivity index (χ4v) is 1.66. The van der Waals surface area contributed by atoms with Crippen molar-refractivity contribution in [1.82, 2.24) is 5.32 Å². The van der Waals surface area contributed by atoms with Crippen molar-refractivity contribution < 1.29 is 14.3 Å². The number of nitrogens with one attached hydrogen (secondary N) is 2. The first kappa shape index (κ1) is 19.0. The van der Waals surface area contributed by atoms with E-state index in [2.05, 4.69) is 31.4 Å². The van der Waals surface area contributed by atoms with Crippen molar-refractivity contribution in [1.29, 1.82) is 0 Å². The van der Waals surface area contributed by atoms with Crippen molar-refractivity contribution in [2.45, 2.75) is 53.5 Å². The van der Waals surface area contributed by atoms with Crippen LogP contribution in [-0.4, -0.2) is 24.6 Å². The van der Waals surface area contributed by atoms with Gasteiger partial charge in [0.2, 0.25) is 0 Å². The van der Waals surface area contributed by atoms with Crippen LogP contribution in [-0.2, 0) is 4.74 Å². The summed E-state index contributed by atoms with van der Waals surface area (Å²) in [4.78, 5) is 23.7. The summed E-state index contributed by atoms with van der Waals surface area (Å²) in [6.07, 6.45) is 1.84. The van der Waals surface area contributed by atoms with Crippen LogP contribution >= 0.6 is 0 Å². The quantitative estimate of drug-likeness (QED) is 0.610. The smallest absolute Gasteiger partial charge is 0.338 e. The fraction of sp³-hybridized carbons (Fsp3) is 0.556. The number of amides is 2. The topological polar surface area (TPSA) is 67.4 Å². The summed E-state index contributed by atoms with van der Waals surface area (Å²) in [5, 5.41) is 5.66. The highest BCUT2D eigenvalue weighted by molar-refractivity contribution is 5.92. The van der Waals surface area contributed by atoms with Gasteiger partial charge in [0.15, 0.2) is 0 Å². The van der Waals surface area contributed by atoms with Crippen LogP contribution in [0.5, 0.6) is 0 Å². The molecular formula is C18H28N2O3. The molecule has 2 N–H and O–H groups in total. The molecule has 0 aliphatic rings. The summed E-state index contributed by atoms with van der Waals surface area (Å²) in [5.74, 6) is -0.337. The molecule has 0 fully saturated rings. The highest BCUT2D eigenvalue weighted by atomic mass is 16.5. The second-order valence-electron chi connectivity index (χ2n) is 6.75. The predicted molar refractivity (Wildman–Crippen MR) is 92.7 cm³/mol. The molecule has 1 rings (SSSR count). The van der Waals surface area contributed by atoms with Gasteiger partial charge in [-0.1, -0.05) is 34.1 Å². The number of esters is 1. The van der Waals surface area contributed by atoms with Crippen molar-refractivity contribution in [3.63, 3.8) is 0 Å². The lowest BCUT2D eigenvalue weighted by Crippen LogP contribution is -2.43. The number of ether oxygens (including phenoxy) is 1. The van der Waals surface area contributed by atoms with Crippen molar-refractivity contribution in [2.75, 3.05) is 11.9 Å². The van der Waals surface area contributed by atoms with Crippen LogP contribution in [0.4, 0.5) is 10.5 Å². The van der Waals surface area contributed by atoms with Gasteiger partial charge in [0.05, 0.1) is 12.2 Å². The summed E-state index contributed by atoms with van der Waals surface area (Å²) in [7, 11) is 0. The van der Waals surface area contributed by atoms with Gasteiger partial charge in [-0.3, -0.25) is 0 Å². The maximum absolute atomic E-state index is 11.9. The lowest BCUT2D eigenvalue weighted by atomic mass is 9.88. The Kier molecular flexibility index (Phi) is 7.07. The Bertz CT molecular complexity index is 518. The van der Waals surface area contributed by atoms with Crippen LogP contribution in [0.15, 0.2) is 24.3 Å². The minimum absolute atomic E-state index is 0.0105. The van der Waals surface area contributed by atoms with E-state index >= 15 is 0 Å². The highest BCUT2D eigenvalue weighted by Crippen LogP contribution is 2.18. The first-order valence-electron chi connectivity index (χ1n) is 8.08. The number of carbonyl (C=O) groups excluding carboxylic acids is 2. The van der Waals surface area contributed by atoms with E-state index in [0.717, 1.165) is 12.8 Å². The number of hydrogen-bond acceptors (Lipinski definition) is 3. The van der Waals surface area contributed by atoms with Crippen molar-refractivity contribution in [3.8, 4) is 0 Å². The largest absolute Gasteiger partial charge is 0.462 e. The van der Waals surface area contributed by atoms with Crippen LogP contribution in [0.1, 0.15) is 57.8 Å². The Balaban J connectivity index is 2.53. The van der Waals surface area contributed by atoms with Crippen LogP contribution in [0, 0.1) is 5.41 Å². The standard InChI is InChI=1S/C18H28N2O3/c1-6-7-12-23-16(21)14-8-10-15(11-9-14)20-17(22)19-13(2)18(3,4)5/h8-11,13H,6-7,12H2,1-5H3,(H2,19,20,22). The van der Waals surface area contributed by atoms with Gasteiger partial charge in [0.25, 0.3) is 0 Å². The number of hydrogen-bond donors (Lipinski definition) is 2. The van der Waals surface area contributed by atoms with Crippen molar-refractivity contribution in [3.05, 3.63) is 29.8 Å². The molecule has 5 heteroatoms. The zero-order valence-electron chi connectivity index (χ0n) is 14.7. The molecule has 0 heterocycles. The third kappa shape index (κ3) is 6.72. The summed E-state index contributed by atoms with van der Waals surface area (Å²) < 4.78 is 5.14. The molecule has 0 bridgehead atoms. The molecular weight excluding hydrogens is 292 g/mol. The van der Waals surface area contributed by atoms with Gasteiger partial charge in [0, 0.05) is 11.7 Å². The molecule has 2 amide bonds. The highest BCUT2D eigenvalue weighted by Gasteiger charge is 2.21. The molecule has 0 saturated carbocycles. The average molecular weight is 320 g/mol. The summed E-state index contributed by atoms with van der Waals surface area (Å²) >= 11 is 0. The van der Waals surface area contributed by atoms with E-state index in [1.807, 2.05) is 13.8 Å². The molecule has 1 aromatic rings. The van der Waals surface area contributed by atoms with Crippen LogP contribution in [0.3, 0.4) is 0 Å². The van der Waals surface area contributed by atoms with Gasteiger partial charge in [-0.2, -0.15) is 0 Å². The first-order valence-corrected chi connectivity index (χ1v) is 8.08. The third-order valence-electron chi connectivity index (χ3n) is 3.76. The van der Waals surface area contributed by atoms with E-state index in [1.165, 1.54) is 0 Å². The molecule has 0 aliphatic heterocycles. The molecule has 0 spiro atoms. The van der Waals surface area contributed by atoms with Gasteiger partial charge in [0.1, 0.15) is 0 Å². The van der Waals surface area contributed by atoms with Crippen LogP contribution < -0.4 is 10.6 Å². The normalized spacial score (nSPS) is 12.4. The van der Waals surface area contributed by atoms with Gasteiger partial charge >= 0.3 is 12.0 Å². The minimum Gasteiger partial charge on any atom is -0.462 e. The SMILES string of the molecule is CCCCOC(=O)c1ccc(NC(=O)NC(C)C(C)(C)C)cc1. The third-order valence-corrected chi connectivity index (χ3v) is 3.76. The van der Waals surface area contributed by atoms with E-state index in [-0.39, 0.29) is 23.5 Å². The lowest BCUT2D eigenvalue weighted by Gasteiger charge is -2.28. The number of unbranched alkanes of at least 4 members (excludes halogenated alkanes) is 1. The molecule has 5 nitrogen and oxygen atoms in total. The molecule has 1 aromatic carbocycles. The van der Waals surface area contributed by atoms with Crippen molar-refractivity contribution >= 4 is 17.7 Å². The second kappa shape index (κ2) is 8.56. The maximum Gasteiger partial charge on any atom is 0.338 e. The van der Waals surface area contributed by atoms with E-state index in [1.54, 1.807) is 24.3 Å². The molecule has 0 radical (unpaired) electrons.